The van der Waals surface area contributed by atoms with Crippen LogP contribution in [0.2, 0.25) is 5.02 Å². The molecule has 2 bridgehead atoms. The lowest BCUT2D eigenvalue weighted by atomic mass is 9.71. The zero-order valence-corrected chi connectivity index (χ0v) is 26.0. The number of rotatable bonds is 9. The second-order valence-corrected chi connectivity index (χ2v) is 15.4. The Morgan fingerprint density at radius 1 is 1.02 bits per heavy atom. The van der Waals surface area contributed by atoms with Crippen LogP contribution in [0.3, 0.4) is 0 Å². The molecule has 0 heterocycles. The van der Waals surface area contributed by atoms with E-state index in [4.69, 9.17) is 11.6 Å². The molecule has 9 nitrogen and oxygen atoms in total. The van der Waals surface area contributed by atoms with E-state index in [1.807, 2.05) is 0 Å². The predicted molar refractivity (Wildman–Crippen MR) is 156 cm³/mol. The van der Waals surface area contributed by atoms with Crippen molar-refractivity contribution in [1.29, 1.82) is 0 Å². The Hall–Kier alpha value is -2.71. The molecule has 2 amide bonds. The van der Waals surface area contributed by atoms with Gasteiger partial charge in [0, 0.05) is 41.8 Å². The van der Waals surface area contributed by atoms with Crippen LogP contribution in [0.25, 0.3) is 0 Å². The molecule has 2 fully saturated rings. The van der Waals surface area contributed by atoms with Gasteiger partial charge >= 0.3 is 0 Å². The van der Waals surface area contributed by atoms with Gasteiger partial charge in [-0.2, -0.15) is 0 Å². The second-order valence-electron chi connectivity index (χ2n) is 12.8. The fourth-order valence-electron chi connectivity index (χ4n) is 6.14. The highest BCUT2D eigenvalue weighted by Gasteiger charge is 2.56. The van der Waals surface area contributed by atoms with Crippen LogP contribution in [0.4, 0.5) is 18.9 Å². The molecule has 2 aliphatic rings. The number of amides is 2. The Morgan fingerprint density at radius 2 is 1.59 bits per heavy atom. The molecule has 242 valence electrons. The Bertz CT molecular complexity index is 1510. The van der Waals surface area contributed by atoms with E-state index in [1.54, 1.807) is 20.8 Å². The summed E-state index contributed by atoms with van der Waals surface area (Å²) in [5.41, 5.74) is -2.69. The van der Waals surface area contributed by atoms with Crippen LogP contribution in [-0.2, 0) is 14.6 Å². The lowest BCUT2D eigenvalue weighted by Crippen LogP contribution is -2.52. The predicted octanol–water partition coefficient (Wildman–Crippen LogP) is 3.98. The van der Waals surface area contributed by atoms with E-state index >= 15 is 0 Å². The number of benzene rings is 2. The highest BCUT2D eigenvalue weighted by atomic mass is 35.5. The summed E-state index contributed by atoms with van der Waals surface area (Å²) in [5.74, 6) is -6.98. The maximum atomic E-state index is 13.8. The van der Waals surface area contributed by atoms with E-state index in [0.717, 1.165) is 6.07 Å². The monoisotopic (exact) mass is 660 g/mol. The number of aliphatic hydroxyl groups is 3. The van der Waals surface area contributed by atoms with Crippen LogP contribution >= 0.6 is 11.6 Å². The lowest BCUT2D eigenvalue weighted by molar-refractivity contribution is -0.130. The van der Waals surface area contributed by atoms with Gasteiger partial charge in [0.05, 0.1) is 33.0 Å². The van der Waals surface area contributed by atoms with Crippen molar-refractivity contribution < 1.29 is 46.5 Å². The van der Waals surface area contributed by atoms with Crippen molar-refractivity contribution in [2.24, 2.45) is 17.3 Å². The van der Waals surface area contributed by atoms with Gasteiger partial charge < -0.3 is 26.0 Å². The van der Waals surface area contributed by atoms with Crippen molar-refractivity contribution in [1.82, 2.24) is 5.32 Å². The number of sulfone groups is 1. The van der Waals surface area contributed by atoms with Gasteiger partial charge in [0.1, 0.15) is 0 Å². The van der Waals surface area contributed by atoms with Crippen molar-refractivity contribution >= 4 is 38.9 Å². The molecule has 0 spiro atoms. The van der Waals surface area contributed by atoms with Crippen molar-refractivity contribution in [3.63, 3.8) is 0 Å². The molecule has 4 rings (SSSR count). The van der Waals surface area contributed by atoms with E-state index in [1.165, 1.54) is 12.1 Å². The molecule has 2 saturated carbocycles. The first-order valence-electron chi connectivity index (χ1n) is 14.2. The summed E-state index contributed by atoms with van der Waals surface area (Å²) in [4.78, 5) is 24.6. The van der Waals surface area contributed by atoms with E-state index in [9.17, 15) is 46.5 Å². The van der Waals surface area contributed by atoms with Gasteiger partial charge in [0.2, 0.25) is 5.91 Å². The van der Waals surface area contributed by atoms with Gasteiger partial charge in [0.25, 0.3) is 5.91 Å². The molecule has 6 atom stereocenters. The molecule has 0 aromatic heterocycles. The molecule has 5 unspecified atom stereocenters. The van der Waals surface area contributed by atoms with Gasteiger partial charge in [-0.1, -0.05) is 32.4 Å². The topological polar surface area (TPSA) is 153 Å². The standard InChI is InChI=1S/C30H36ClF3N2O7S/c1-29(2,3)28(40)35-14-24(38)23(37)13-30(41)16-5-6-17(30)10-19(9-16)44(42,43)25-8-15(4-7-20(25)31)27(39)36-18-11-21(32)26(34)22(33)12-18/h4,7-8,11-12,16-17,19,23-24,37-38,41H,5-6,9-10,13-14H2,1-3H3,(H,35,40)(H,36,39)/t16-,17?,19?,23?,24?,30?/m0/s1. The molecule has 0 saturated heterocycles. The summed E-state index contributed by atoms with van der Waals surface area (Å²) < 4.78 is 68.0. The summed E-state index contributed by atoms with van der Waals surface area (Å²) in [6, 6.07) is 4.66. The SMILES string of the molecule is CC(C)(C)C(=O)NCC(O)C(O)CC1(O)C2CC[C@H]1CC(S(=O)(=O)c1cc(C(=O)Nc3cc(F)c(F)c(F)c3)ccc1Cl)C2. The number of carbonyl (C=O) groups excluding carboxylic acids is 2. The van der Waals surface area contributed by atoms with Crippen LogP contribution in [0.1, 0.15) is 63.2 Å². The minimum absolute atomic E-state index is 0.0415. The average Bonchev–Trinajstić information content (AvgIpc) is 3.09. The Balaban J connectivity index is 1.47. The number of hydrogen-bond acceptors (Lipinski definition) is 7. The van der Waals surface area contributed by atoms with Crippen molar-refractivity contribution in [3.05, 3.63) is 58.4 Å². The number of fused-ring (bicyclic) bond motifs is 2. The molecular weight excluding hydrogens is 625 g/mol. The van der Waals surface area contributed by atoms with Gasteiger partial charge in [0.15, 0.2) is 27.3 Å². The van der Waals surface area contributed by atoms with E-state index in [0.29, 0.717) is 25.0 Å². The van der Waals surface area contributed by atoms with Crippen molar-refractivity contribution in [2.45, 2.75) is 80.8 Å². The fourth-order valence-corrected chi connectivity index (χ4v) is 8.54. The van der Waals surface area contributed by atoms with Crippen LogP contribution in [-0.4, -0.2) is 65.2 Å². The largest absolute Gasteiger partial charge is 0.390 e. The molecule has 44 heavy (non-hydrogen) atoms. The third-order valence-electron chi connectivity index (χ3n) is 8.69. The summed E-state index contributed by atoms with van der Waals surface area (Å²) >= 11 is 6.26. The first-order chi connectivity index (χ1) is 20.3. The maximum Gasteiger partial charge on any atom is 0.255 e. The summed E-state index contributed by atoms with van der Waals surface area (Å²) in [6.07, 6.45) is -1.84. The summed E-state index contributed by atoms with van der Waals surface area (Å²) in [5, 5.41) is 36.4. The minimum atomic E-state index is -4.15. The van der Waals surface area contributed by atoms with Crippen LogP contribution in [0.15, 0.2) is 35.2 Å². The lowest BCUT2D eigenvalue weighted by Gasteiger charge is -2.44. The molecule has 0 aliphatic heterocycles. The molecule has 2 aromatic rings. The highest BCUT2D eigenvalue weighted by Crippen LogP contribution is 2.54. The first kappa shape index (κ1) is 34.2. The zero-order valence-electron chi connectivity index (χ0n) is 24.4. The third kappa shape index (κ3) is 6.91. The molecule has 5 N–H and O–H groups in total. The normalized spacial score (nSPS) is 24.9. The first-order valence-corrected chi connectivity index (χ1v) is 16.1. The van der Waals surface area contributed by atoms with Gasteiger partial charge in [-0.15, -0.1) is 0 Å². The number of carbonyl (C=O) groups is 2. The maximum absolute atomic E-state index is 13.8. The Morgan fingerprint density at radius 3 is 2.14 bits per heavy atom. The smallest absolute Gasteiger partial charge is 0.255 e. The molecular formula is C30H36ClF3N2O7S. The van der Waals surface area contributed by atoms with Crippen LogP contribution in [0.5, 0.6) is 0 Å². The second kappa shape index (κ2) is 12.6. The molecule has 0 radical (unpaired) electrons. The highest BCUT2D eigenvalue weighted by molar-refractivity contribution is 7.92. The van der Waals surface area contributed by atoms with Crippen LogP contribution < -0.4 is 10.6 Å². The van der Waals surface area contributed by atoms with Gasteiger partial charge in [-0.05, 0) is 55.7 Å². The van der Waals surface area contributed by atoms with Gasteiger partial charge in [-0.25, -0.2) is 21.6 Å². The van der Waals surface area contributed by atoms with E-state index < -0.39 is 73.5 Å². The fraction of sp³-hybridized carbons (Fsp3) is 0.533. The summed E-state index contributed by atoms with van der Waals surface area (Å²) in [7, 11) is -4.15. The molecule has 14 heteroatoms. The zero-order chi connectivity index (χ0) is 32.8. The Labute approximate surface area is 258 Å². The number of anilines is 1. The summed E-state index contributed by atoms with van der Waals surface area (Å²) in [6.45, 7) is 4.89. The Kier molecular flexibility index (Phi) is 9.78. The molecule has 2 aliphatic carbocycles. The van der Waals surface area contributed by atoms with E-state index in [-0.39, 0.29) is 52.9 Å². The van der Waals surface area contributed by atoms with E-state index in [2.05, 4.69) is 10.6 Å². The third-order valence-corrected chi connectivity index (χ3v) is 11.3. The van der Waals surface area contributed by atoms with Crippen molar-refractivity contribution in [2.75, 3.05) is 11.9 Å². The van der Waals surface area contributed by atoms with Gasteiger partial charge in [-0.3, -0.25) is 9.59 Å². The quantitative estimate of drug-likeness (QED) is 0.255. The van der Waals surface area contributed by atoms with Crippen molar-refractivity contribution in [3.8, 4) is 0 Å². The van der Waals surface area contributed by atoms with Crippen LogP contribution in [0, 0.1) is 34.7 Å². The number of halogens is 4. The average molecular weight is 661 g/mol. The molecule has 2 aromatic carbocycles. The number of hydrogen-bond donors (Lipinski definition) is 5. The number of nitrogens with one attached hydrogen (secondary N) is 2. The number of aliphatic hydroxyl groups excluding tert-OH is 2. The minimum Gasteiger partial charge on any atom is -0.390 e.